The summed E-state index contributed by atoms with van der Waals surface area (Å²) in [5.41, 5.74) is 2.00. The van der Waals surface area contributed by atoms with Gasteiger partial charge in [-0.1, -0.05) is 18.2 Å². The predicted molar refractivity (Wildman–Crippen MR) is 71.0 cm³/mol. The van der Waals surface area contributed by atoms with E-state index in [9.17, 15) is 8.78 Å². The van der Waals surface area contributed by atoms with Crippen LogP contribution < -0.4 is 5.32 Å². The van der Waals surface area contributed by atoms with Crippen LogP contribution in [-0.2, 0) is 13.1 Å². The van der Waals surface area contributed by atoms with Crippen LogP contribution in [0.15, 0.2) is 46.9 Å². The average molecular weight is 312 g/mol. The number of hydrogen-bond acceptors (Lipinski definition) is 1. The second-order valence-electron chi connectivity index (χ2n) is 3.98. The fourth-order valence-corrected chi connectivity index (χ4v) is 2.03. The Kier molecular flexibility index (Phi) is 4.44. The van der Waals surface area contributed by atoms with Gasteiger partial charge in [0.05, 0.1) is 4.47 Å². The molecule has 1 nitrogen and oxygen atoms in total. The maximum absolute atomic E-state index is 13.0. The molecular weight excluding hydrogens is 300 g/mol. The van der Waals surface area contributed by atoms with E-state index in [0.29, 0.717) is 17.6 Å². The van der Waals surface area contributed by atoms with Gasteiger partial charge in [-0.2, -0.15) is 0 Å². The van der Waals surface area contributed by atoms with Crippen molar-refractivity contribution >= 4 is 15.9 Å². The van der Waals surface area contributed by atoms with Gasteiger partial charge in [-0.3, -0.25) is 0 Å². The van der Waals surface area contributed by atoms with E-state index in [1.807, 2.05) is 0 Å². The van der Waals surface area contributed by atoms with E-state index in [2.05, 4.69) is 21.2 Å². The topological polar surface area (TPSA) is 12.0 Å². The summed E-state index contributed by atoms with van der Waals surface area (Å²) in [6, 6.07) is 11.3. The Balaban J connectivity index is 1.88. The van der Waals surface area contributed by atoms with Crippen molar-refractivity contribution in [2.75, 3.05) is 0 Å². The Bertz CT molecular complexity index is 526. The van der Waals surface area contributed by atoms with E-state index < -0.39 is 0 Å². The summed E-state index contributed by atoms with van der Waals surface area (Å²) in [4.78, 5) is 0. The molecular formula is C14H12BrF2N. The molecule has 4 heteroatoms. The monoisotopic (exact) mass is 311 g/mol. The number of rotatable bonds is 4. The Morgan fingerprint density at radius 3 is 2.17 bits per heavy atom. The van der Waals surface area contributed by atoms with E-state index in [1.165, 1.54) is 18.2 Å². The quantitative estimate of drug-likeness (QED) is 0.899. The van der Waals surface area contributed by atoms with Crippen molar-refractivity contribution in [3.63, 3.8) is 0 Å². The van der Waals surface area contributed by atoms with Crippen molar-refractivity contribution in [3.05, 3.63) is 69.7 Å². The first kappa shape index (κ1) is 13.2. The first-order valence-electron chi connectivity index (χ1n) is 5.54. The van der Waals surface area contributed by atoms with Crippen molar-refractivity contribution < 1.29 is 8.78 Å². The standard InChI is InChI=1S/C14H12BrF2N/c15-13-7-11(3-6-14(13)17)9-18-8-10-1-4-12(16)5-2-10/h1-7,18H,8-9H2. The second kappa shape index (κ2) is 6.07. The number of hydrogen-bond donors (Lipinski definition) is 1. The van der Waals surface area contributed by atoms with Crippen LogP contribution in [0, 0.1) is 11.6 Å². The minimum Gasteiger partial charge on any atom is -0.309 e. The minimum absolute atomic E-state index is 0.235. The van der Waals surface area contributed by atoms with Gasteiger partial charge in [-0.15, -0.1) is 0 Å². The maximum Gasteiger partial charge on any atom is 0.137 e. The van der Waals surface area contributed by atoms with Gasteiger partial charge < -0.3 is 5.32 Å². The van der Waals surface area contributed by atoms with E-state index in [1.54, 1.807) is 24.3 Å². The zero-order chi connectivity index (χ0) is 13.0. The molecule has 0 fully saturated rings. The number of benzene rings is 2. The van der Waals surface area contributed by atoms with Crippen molar-refractivity contribution in [2.24, 2.45) is 0 Å². The number of halogens is 3. The van der Waals surface area contributed by atoms with Crippen LogP contribution in [0.1, 0.15) is 11.1 Å². The molecule has 0 aliphatic heterocycles. The Labute approximate surface area is 113 Å². The molecule has 1 N–H and O–H groups in total. The van der Waals surface area contributed by atoms with Crippen LogP contribution in [0.25, 0.3) is 0 Å². The lowest BCUT2D eigenvalue weighted by Crippen LogP contribution is -2.12. The van der Waals surface area contributed by atoms with Gasteiger partial charge in [0.25, 0.3) is 0 Å². The van der Waals surface area contributed by atoms with E-state index in [4.69, 9.17) is 0 Å². The first-order chi connectivity index (χ1) is 8.65. The maximum atomic E-state index is 13.0. The van der Waals surface area contributed by atoms with Crippen LogP contribution in [0.3, 0.4) is 0 Å². The highest BCUT2D eigenvalue weighted by atomic mass is 79.9. The summed E-state index contributed by atoms with van der Waals surface area (Å²) >= 11 is 3.15. The molecule has 2 aromatic carbocycles. The third kappa shape index (κ3) is 3.62. The predicted octanol–water partition coefficient (Wildman–Crippen LogP) is 4.02. The molecule has 0 bridgehead atoms. The highest BCUT2D eigenvalue weighted by Gasteiger charge is 2.00. The van der Waals surface area contributed by atoms with E-state index >= 15 is 0 Å². The summed E-state index contributed by atoms with van der Waals surface area (Å²) in [6.45, 7) is 1.28. The Morgan fingerprint density at radius 1 is 0.889 bits per heavy atom. The molecule has 0 aliphatic carbocycles. The lowest BCUT2D eigenvalue weighted by Gasteiger charge is -2.06. The summed E-state index contributed by atoms with van der Waals surface area (Å²) in [5.74, 6) is -0.501. The van der Waals surface area contributed by atoms with Gasteiger partial charge >= 0.3 is 0 Å². The molecule has 0 saturated heterocycles. The van der Waals surface area contributed by atoms with Gasteiger partial charge in [0.1, 0.15) is 11.6 Å². The van der Waals surface area contributed by atoms with Gasteiger partial charge in [0.15, 0.2) is 0 Å². The van der Waals surface area contributed by atoms with Crippen LogP contribution in [-0.4, -0.2) is 0 Å². The lowest BCUT2D eigenvalue weighted by atomic mass is 10.2. The molecule has 18 heavy (non-hydrogen) atoms. The Hall–Kier alpha value is -1.26. The van der Waals surface area contributed by atoms with Crippen LogP contribution in [0.2, 0.25) is 0 Å². The highest BCUT2D eigenvalue weighted by Crippen LogP contribution is 2.16. The molecule has 0 saturated carbocycles. The molecule has 0 atom stereocenters. The molecule has 0 aliphatic rings. The smallest absolute Gasteiger partial charge is 0.137 e. The fraction of sp³-hybridized carbons (Fsp3) is 0.143. The molecule has 0 amide bonds. The molecule has 0 unspecified atom stereocenters. The third-order valence-electron chi connectivity index (χ3n) is 2.56. The first-order valence-corrected chi connectivity index (χ1v) is 6.33. The van der Waals surface area contributed by atoms with Crippen molar-refractivity contribution in [1.82, 2.24) is 5.32 Å². The summed E-state index contributed by atoms with van der Waals surface area (Å²) < 4.78 is 26.2. The molecule has 0 heterocycles. The zero-order valence-electron chi connectivity index (χ0n) is 9.59. The van der Waals surface area contributed by atoms with Crippen molar-refractivity contribution in [3.8, 4) is 0 Å². The SMILES string of the molecule is Fc1ccc(CNCc2ccc(F)c(Br)c2)cc1. The molecule has 0 radical (unpaired) electrons. The van der Waals surface area contributed by atoms with Gasteiger partial charge in [-0.05, 0) is 51.3 Å². The van der Waals surface area contributed by atoms with Crippen LogP contribution in [0.4, 0.5) is 8.78 Å². The highest BCUT2D eigenvalue weighted by molar-refractivity contribution is 9.10. The molecule has 2 rings (SSSR count). The van der Waals surface area contributed by atoms with Crippen LogP contribution in [0.5, 0.6) is 0 Å². The van der Waals surface area contributed by atoms with Gasteiger partial charge in [0, 0.05) is 13.1 Å². The summed E-state index contributed by atoms with van der Waals surface area (Å²) in [6.07, 6.45) is 0. The largest absolute Gasteiger partial charge is 0.309 e. The zero-order valence-corrected chi connectivity index (χ0v) is 11.2. The molecule has 0 aromatic heterocycles. The Morgan fingerprint density at radius 2 is 1.50 bits per heavy atom. The average Bonchev–Trinajstić information content (AvgIpc) is 2.36. The number of nitrogens with one attached hydrogen (secondary N) is 1. The van der Waals surface area contributed by atoms with Crippen LogP contribution >= 0.6 is 15.9 Å². The lowest BCUT2D eigenvalue weighted by molar-refractivity contribution is 0.617. The molecule has 0 spiro atoms. The summed E-state index contributed by atoms with van der Waals surface area (Å²) in [5, 5.41) is 3.22. The molecule has 2 aromatic rings. The second-order valence-corrected chi connectivity index (χ2v) is 4.83. The minimum atomic E-state index is -0.266. The normalized spacial score (nSPS) is 10.6. The van der Waals surface area contributed by atoms with Crippen molar-refractivity contribution in [2.45, 2.75) is 13.1 Å². The fourth-order valence-electron chi connectivity index (χ4n) is 1.60. The van der Waals surface area contributed by atoms with Gasteiger partial charge in [-0.25, -0.2) is 8.78 Å². The third-order valence-corrected chi connectivity index (χ3v) is 3.16. The molecule has 94 valence electrons. The van der Waals surface area contributed by atoms with E-state index in [0.717, 1.165) is 11.1 Å². The van der Waals surface area contributed by atoms with Crippen molar-refractivity contribution in [1.29, 1.82) is 0 Å². The van der Waals surface area contributed by atoms with Gasteiger partial charge in [0.2, 0.25) is 0 Å². The summed E-state index contributed by atoms with van der Waals surface area (Å²) in [7, 11) is 0. The van der Waals surface area contributed by atoms with E-state index in [-0.39, 0.29) is 11.6 Å².